The van der Waals surface area contributed by atoms with E-state index in [1.165, 1.54) is 0 Å². The van der Waals surface area contributed by atoms with E-state index in [9.17, 15) is 4.79 Å². The number of nitrogens with one attached hydrogen (secondary N) is 1. The predicted molar refractivity (Wildman–Crippen MR) is 95.8 cm³/mol. The maximum atomic E-state index is 12.4. The number of aryl methyl sites for hydroxylation is 1. The number of rotatable bonds is 3. The lowest BCUT2D eigenvalue weighted by Crippen LogP contribution is -2.13. The molecule has 4 aromatic rings. The molecule has 0 atom stereocenters. The molecule has 0 radical (unpaired) electrons. The molecule has 0 saturated heterocycles. The van der Waals surface area contributed by atoms with Crippen LogP contribution in [0.25, 0.3) is 16.7 Å². The topological polar surface area (TPSA) is 72.7 Å². The molecule has 122 valence electrons. The number of hydrogen-bond donors (Lipinski definition) is 1. The summed E-state index contributed by atoms with van der Waals surface area (Å²) in [5, 5.41) is 4.95. The molecule has 0 aliphatic carbocycles. The largest absolute Gasteiger partial charge is 0.319 e. The molecule has 0 aliphatic rings. The lowest BCUT2D eigenvalue weighted by atomic mass is 10.1. The third-order valence-electron chi connectivity index (χ3n) is 3.95. The summed E-state index contributed by atoms with van der Waals surface area (Å²) in [4.78, 5) is 25.1. The minimum atomic E-state index is -0.194. The van der Waals surface area contributed by atoms with Crippen LogP contribution in [0.15, 0.2) is 67.3 Å². The molecule has 0 spiro atoms. The van der Waals surface area contributed by atoms with E-state index >= 15 is 0 Å². The number of hydrogen-bond acceptors (Lipinski definition) is 4. The quantitative estimate of drug-likeness (QED) is 0.625. The van der Waals surface area contributed by atoms with E-state index in [0.29, 0.717) is 17.2 Å². The van der Waals surface area contributed by atoms with Crippen LogP contribution in [0.4, 0.5) is 5.69 Å². The second-order valence-corrected chi connectivity index (χ2v) is 5.63. The number of aromatic nitrogens is 4. The smallest absolute Gasteiger partial charge is 0.255 e. The Bertz CT molecular complexity index is 1050. The van der Waals surface area contributed by atoms with E-state index in [2.05, 4.69) is 20.3 Å². The highest BCUT2D eigenvalue weighted by atomic mass is 16.1. The van der Waals surface area contributed by atoms with Gasteiger partial charge in [-0.15, -0.1) is 0 Å². The van der Waals surface area contributed by atoms with Gasteiger partial charge in [0.1, 0.15) is 5.82 Å². The average molecular weight is 329 g/mol. The number of carbonyl (C=O) groups is 1. The van der Waals surface area contributed by atoms with E-state index in [4.69, 9.17) is 0 Å². The first-order valence-electron chi connectivity index (χ1n) is 7.83. The van der Waals surface area contributed by atoms with Crippen molar-refractivity contribution in [2.75, 3.05) is 5.32 Å². The standard InChI is InChI=1S/C19H15N5O/c1-13-20-8-9-24(13)19-21-11-17(12-22-19)23-18(25)16-7-6-14-4-2-3-5-15(14)10-16/h2-12H,1H3,(H,23,25). The van der Waals surface area contributed by atoms with Crippen LogP contribution in [-0.2, 0) is 0 Å². The summed E-state index contributed by atoms with van der Waals surface area (Å²) in [6.45, 7) is 1.87. The van der Waals surface area contributed by atoms with Crippen LogP contribution in [0.3, 0.4) is 0 Å². The van der Waals surface area contributed by atoms with Crippen LogP contribution in [0.5, 0.6) is 0 Å². The molecule has 6 heteroatoms. The fraction of sp³-hybridized carbons (Fsp3) is 0.0526. The second-order valence-electron chi connectivity index (χ2n) is 5.63. The molecule has 2 aromatic heterocycles. The molecule has 25 heavy (non-hydrogen) atoms. The van der Waals surface area contributed by atoms with E-state index in [1.807, 2.05) is 49.4 Å². The Labute approximate surface area is 144 Å². The minimum Gasteiger partial charge on any atom is -0.319 e. The van der Waals surface area contributed by atoms with Gasteiger partial charge >= 0.3 is 0 Å². The predicted octanol–water partition coefficient (Wildman–Crippen LogP) is 3.38. The Morgan fingerprint density at radius 3 is 2.48 bits per heavy atom. The Balaban J connectivity index is 1.54. The van der Waals surface area contributed by atoms with Gasteiger partial charge in [0.25, 0.3) is 5.91 Å². The third kappa shape index (κ3) is 2.97. The highest BCUT2D eigenvalue weighted by molar-refractivity contribution is 6.06. The first kappa shape index (κ1) is 15.0. The molecule has 1 amide bonds. The highest BCUT2D eigenvalue weighted by Crippen LogP contribution is 2.17. The van der Waals surface area contributed by atoms with Gasteiger partial charge in [0, 0.05) is 18.0 Å². The number of carbonyl (C=O) groups excluding carboxylic acids is 1. The minimum absolute atomic E-state index is 0.194. The lowest BCUT2D eigenvalue weighted by Gasteiger charge is -2.07. The molecule has 1 N–H and O–H groups in total. The third-order valence-corrected chi connectivity index (χ3v) is 3.95. The van der Waals surface area contributed by atoms with E-state index < -0.39 is 0 Å². The second kappa shape index (κ2) is 6.16. The van der Waals surface area contributed by atoms with Crippen molar-refractivity contribution < 1.29 is 4.79 Å². The van der Waals surface area contributed by atoms with Crippen LogP contribution in [0, 0.1) is 6.92 Å². The number of fused-ring (bicyclic) bond motifs is 1. The van der Waals surface area contributed by atoms with Gasteiger partial charge in [-0.3, -0.25) is 9.36 Å². The van der Waals surface area contributed by atoms with E-state index in [1.54, 1.807) is 29.4 Å². The van der Waals surface area contributed by atoms with Crippen LogP contribution in [-0.4, -0.2) is 25.4 Å². The number of benzene rings is 2. The molecule has 0 aliphatic heterocycles. The lowest BCUT2D eigenvalue weighted by molar-refractivity contribution is 0.102. The molecule has 6 nitrogen and oxygen atoms in total. The van der Waals surface area contributed by atoms with Gasteiger partial charge in [0.2, 0.25) is 5.95 Å². The molecule has 2 aromatic carbocycles. The first-order chi connectivity index (χ1) is 12.2. The van der Waals surface area contributed by atoms with Gasteiger partial charge in [0.05, 0.1) is 18.1 Å². The van der Waals surface area contributed by atoms with Crippen molar-refractivity contribution in [1.82, 2.24) is 19.5 Å². The molecular formula is C19H15N5O. The zero-order valence-electron chi connectivity index (χ0n) is 13.5. The Morgan fingerprint density at radius 1 is 1.00 bits per heavy atom. The van der Waals surface area contributed by atoms with Crippen molar-refractivity contribution in [2.24, 2.45) is 0 Å². The Morgan fingerprint density at radius 2 is 1.76 bits per heavy atom. The highest BCUT2D eigenvalue weighted by Gasteiger charge is 2.09. The van der Waals surface area contributed by atoms with Crippen molar-refractivity contribution in [3.63, 3.8) is 0 Å². The van der Waals surface area contributed by atoms with Crippen molar-refractivity contribution in [3.8, 4) is 5.95 Å². The van der Waals surface area contributed by atoms with Crippen molar-refractivity contribution in [3.05, 3.63) is 78.6 Å². The molecule has 0 fully saturated rings. The number of amides is 1. The number of nitrogens with zero attached hydrogens (tertiary/aromatic N) is 4. The van der Waals surface area contributed by atoms with Gasteiger partial charge in [-0.25, -0.2) is 15.0 Å². The first-order valence-corrected chi connectivity index (χ1v) is 7.83. The van der Waals surface area contributed by atoms with Crippen LogP contribution >= 0.6 is 0 Å². The summed E-state index contributed by atoms with van der Waals surface area (Å²) < 4.78 is 1.77. The molecule has 4 rings (SSSR count). The Kier molecular flexibility index (Phi) is 3.70. The molecular weight excluding hydrogens is 314 g/mol. The normalized spacial score (nSPS) is 10.8. The maximum absolute atomic E-state index is 12.4. The van der Waals surface area contributed by atoms with Gasteiger partial charge in [0.15, 0.2) is 0 Å². The molecule has 2 heterocycles. The van der Waals surface area contributed by atoms with Crippen molar-refractivity contribution in [1.29, 1.82) is 0 Å². The van der Waals surface area contributed by atoms with Gasteiger partial charge in [-0.05, 0) is 29.8 Å². The van der Waals surface area contributed by atoms with Gasteiger partial charge < -0.3 is 5.32 Å². The summed E-state index contributed by atoms with van der Waals surface area (Å²) in [7, 11) is 0. The number of anilines is 1. The molecule has 0 bridgehead atoms. The van der Waals surface area contributed by atoms with E-state index in [0.717, 1.165) is 16.6 Å². The maximum Gasteiger partial charge on any atom is 0.255 e. The monoisotopic (exact) mass is 329 g/mol. The zero-order chi connectivity index (χ0) is 17.2. The molecule has 0 saturated carbocycles. The Hall–Kier alpha value is -3.54. The van der Waals surface area contributed by atoms with Crippen LogP contribution in [0.2, 0.25) is 0 Å². The van der Waals surface area contributed by atoms with Gasteiger partial charge in [-0.1, -0.05) is 30.3 Å². The fourth-order valence-electron chi connectivity index (χ4n) is 2.63. The summed E-state index contributed by atoms with van der Waals surface area (Å²) in [6.07, 6.45) is 6.65. The summed E-state index contributed by atoms with van der Waals surface area (Å²) in [5.41, 5.74) is 1.13. The van der Waals surface area contributed by atoms with Crippen molar-refractivity contribution >= 4 is 22.4 Å². The van der Waals surface area contributed by atoms with Gasteiger partial charge in [-0.2, -0.15) is 0 Å². The molecule has 0 unspecified atom stereocenters. The number of imidazole rings is 1. The van der Waals surface area contributed by atoms with Crippen LogP contribution < -0.4 is 5.32 Å². The van der Waals surface area contributed by atoms with E-state index in [-0.39, 0.29) is 5.91 Å². The summed E-state index contributed by atoms with van der Waals surface area (Å²) in [6, 6.07) is 13.5. The average Bonchev–Trinajstić information content (AvgIpc) is 3.08. The zero-order valence-corrected chi connectivity index (χ0v) is 13.5. The SMILES string of the molecule is Cc1nccn1-c1ncc(NC(=O)c2ccc3ccccc3c2)cn1. The van der Waals surface area contributed by atoms with Crippen molar-refractivity contribution in [2.45, 2.75) is 6.92 Å². The van der Waals surface area contributed by atoms with Crippen LogP contribution in [0.1, 0.15) is 16.2 Å². The summed E-state index contributed by atoms with van der Waals surface area (Å²) >= 11 is 0. The summed E-state index contributed by atoms with van der Waals surface area (Å²) in [5.74, 6) is 1.12. The fourth-order valence-corrected chi connectivity index (χ4v) is 2.63.